The van der Waals surface area contributed by atoms with Crippen LogP contribution in [0.3, 0.4) is 0 Å². The molecule has 2 fully saturated rings. The normalized spacial score (nSPS) is 29.6. The summed E-state index contributed by atoms with van der Waals surface area (Å²) in [7, 11) is 0. The predicted octanol–water partition coefficient (Wildman–Crippen LogP) is 0.995. The highest BCUT2D eigenvalue weighted by atomic mass is 16.5. The zero-order valence-electron chi connectivity index (χ0n) is 11.0. The second-order valence-corrected chi connectivity index (χ2v) is 5.47. The molecular weight excluding hydrogens is 216 g/mol. The van der Waals surface area contributed by atoms with Crippen LogP contribution in [-0.4, -0.2) is 56.0 Å². The molecule has 0 aromatic carbocycles. The van der Waals surface area contributed by atoms with Gasteiger partial charge in [0.15, 0.2) is 0 Å². The Labute approximate surface area is 104 Å². The SMILES string of the molecule is CCN1CCOC(COCC2(N)CCCC2)C1. The molecule has 1 aliphatic heterocycles. The van der Waals surface area contributed by atoms with Crippen molar-refractivity contribution in [2.24, 2.45) is 5.73 Å². The maximum Gasteiger partial charge on any atom is 0.0935 e. The average molecular weight is 242 g/mol. The Kier molecular flexibility index (Phi) is 4.79. The number of ether oxygens (including phenoxy) is 2. The van der Waals surface area contributed by atoms with E-state index in [-0.39, 0.29) is 11.6 Å². The lowest BCUT2D eigenvalue weighted by Gasteiger charge is -2.32. The molecule has 1 heterocycles. The van der Waals surface area contributed by atoms with Crippen molar-refractivity contribution in [3.8, 4) is 0 Å². The number of likely N-dealkylation sites (N-methyl/N-ethyl adjacent to an activating group) is 1. The van der Waals surface area contributed by atoms with Gasteiger partial charge in [-0.05, 0) is 19.4 Å². The molecule has 1 saturated heterocycles. The van der Waals surface area contributed by atoms with Gasteiger partial charge in [-0.15, -0.1) is 0 Å². The third-order valence-corrected chi connectivity index (χ3v) is 3.96. The summed E-state index contributed by atoms with van der Waals surface area (Å²) in [5, 5.41) is 0. The predicted molar refractivity (Wildman–Crippen MR) is 68.1 cm³/mol. The molecule has 2 aliphatic rings. The summed E-state index contributed by atoms with van der Waals surface area (Å²) in [5.74, 6) is 0. The van der Waals surface area contributed by atoms with Crippen molar-refractivity contribution in [2.75, 3.05) is 39.5 Å². The fourth-order valence-electron chi connectivity index (χ4n) is 2.79. The largest absolute Gasteiger partial charge is 0.377 e. The van der Waals surface area contributed by atoms with Crippen molar-refractivity contribution in [3.63, 3.8) is 0 Å². The van der Waals surface area contributed by atoms with Crippen LogP contribution in [-0.2, 0) is 9.47 Å². The molecule has 1 saturated carbocycles. The van der Waals surface area contributed by atoms with E-state index < -0.39 is 0 Å². The van der Waals surface area contributed by atoms with Crippen molar-refractivity contribution in [2.45, 2.75) is 44.2 Å². The lowest BCUT2D eigenvalue weighted by atomic mass is 10.0. The molecule has 1 unspecified atom stereocenters. The van der Waals surface area contributed by atoms with Crippen LogP contribution in [0.25, 0.3) is 0 Å². The summed E-state index contributed by atoms with van der Waals surface area (Å²) in [4.78, 5) is 2.41. The van der Waals surface area contributed by atoms with E-state index in [1.165, 1.54) is 12.8 Å². The lowest BCUT2D eigenvalue weighted by molar-refractivity contribution is -0.0735. The van der Waals surface area contributed by atoms with Gasteiger partial charge in [0.25, 0.3) is 0 Å². The first kappa shape index (κ1) is 13.3. The number of rotatable bonds is 5. The Morgan fingerprint density at radius 1 is 1.41 bits per heavy atom. The van der Waals surface area contributed by atoms with Gasteiger partial charge in [0, 0.05) is 18.6 Å². The van der Waals surface area contributed by atoms with Crippen molar-refractivity contribution < 1.29 is 9.47 Å². The Bertz CT molecular complexity index is 229. The minimum Gasteiger partial charge on any atom is -0.377 e. The van der Waals surface area contributed by atoms with Gasteiger partial charge in [0.05, 0.1) is 25.9 Å². The topological polar surface area (TPSA) is 47.7 Å². The summed E-state index contributed by atoms with van der Waals surface area (Å²) in [6, 6.07) is 0. The van der Waals surface area contributed by atoms with Gasteiger partial charge in [-0.3, -0.25) is 4.90 Å². The molecular formula is C13H26N2O2. The Morgan fingerprint density at radius 2 is 2.18 bits per heavy atom. The maximum absolute atomic E-state index is 6.25. The van der Waals surface area contributed by atoms with Crippen LogP contribution < -0.4 is 5.73 Å². The zero-order chi connectivity index (χ0) is 12.1. The fourth-order valence-corrected chi connectivity index (χ4v) is 2.79. The summed E-state index contributed by atoms with van der Waals surface area (Å²) in [6.07, 6.45) is 4.96. The van der Waals surface area contributed by atoms with E-state index in [9.17, 15) is 0 Å². The lowest BCUT2D eigenvalue weighted by Crippen LogP contribution is -2.46. The molecule has 1 atom stereocenters. The van der Waals surface area contributed by atoms with E-state index in [1.54, 1.807) is 0 Å². The van der Waals surface area contributed by atoms with Crippen LogP contribution in [0.2, 0.25) is 0 Å². The van der Waals surface area contributed by atoms with Gasteiger partial charge in [0.2, 0.25) is 0 Å². The molecule has 0 radical (unpaired) electrons. The van der Waals surface area contributed by atoms with Crippen molar-refractivity contribution in [3.05, 3.63) is 0 Å². The molecule has 1 aliphatic carbocycles. The van der Waals surface area contributed by atoms with Gasteiger partial charge in [-0.1, -0.05) is 19.8 Å². The molecule has 0 spiro atoms. The molecule has 0 aromatic heterocycles. The second-order valence-electron chi connectivity index (χ2n) is 5.47. The van der Waals surface area contributed by atoms with E-state index in [2.05, 4.69) is 11.8 Å². The van der Waals surface area contributed by atoms with Gasteiger partial charge in [-0.2, -0.15) is 0 Å². The van der Waals surface area contributed by atoms with Crippen molar-refractivity contribution in [1.29, 1.82) is 0 Å². The Morgan fingerprint density at radius 3 is 2.88 bits per heavy atom. The van der Waals surface area contributed by atoms with Gasteiger partial charge in [-0.25, -0.2) is 0 Å². The first-order chi connectivity index (χ1) is 8.22. The molecule has 2 N–H and O–H groups in total. The highest BCUT2D eigenvalue weighted by molar-refractivity contribution is 4.89. The summed E-state index contributed by atoms with van der Waals surface area (Å²) in [5.41, 5.74) is 6.20. The third kappa shape index (κ3) is 3.91. The number of hydrogen-bond acceptors (Lipinski definition) is 4. The molecule has 100 valence electrons. The van der Waals surface area contributed by atoms with E-state index in [0.29, 0.717) is 13.2 Å². The van der Waals surface area contributed by atoms with Crippen LogP contribution in [0.4, 0.5) is 0 Å². The molecule has 4 heteroatoms. The average Bonchev–Trinajstić information content (AvgIpc) is 2.77. The quantitative estimate of drug-likeness (QED) is 0.781. The zero-order valence-corrected chi connectivity index (χ0v) is 11.0. The Balaban J connectivity index is 1.64. The molecule has 4 nitrogen and oxygen atoms in total. The second kappa shape index (κ2) is 6.14. The molecule has 2 rings (SSSR count). The molecule has 0 aromatic rings. The van der Waals surface area contributed by atoms with Crippen LogP contribution in [0, 0.1) is 0 Å². The first-order valence-electron chi connectivity index (χ1n) is 6.92. The number of nitrogens with two attached hydrogens (primary N) is 1. The summed E-state index contributed by atoms with van der Waals surface area (Å²) < 4.78 is 11.5. The minimum absolute atomic E-state index is 0.0564. The smallest absolute Gasteiger partial charge is 0.0935 e. The van der Waals surface area contributed by atoms with E-state index in [4.69, 9.17) is 15.2 Å². The number of hydrogen-bond donors (Lipinski definition) is 1. The van der Waals surface area contributed by atoms with Crippen LogP contribution >= 0.6 is 0 Å². The third-order valence-electron chi connectivity index (χ3n) is 3.96. The number of morpholine rings is 1. The van der Waals surface area contributed by atoms with Gasteiger partial charge < -0.3 is 15.2 Å². The Hall–Kier alpha value is -0.160. The monoisotopic (exact) mass is 242 g/mol. The van der Waals surface area contributed by atoms with Crippen molar-refractivity contribution >= 4 is 0 Å². The van der Waals surface area contributed by atoms with Crippen LogP contribution in [0.5, 0.6) is 0 Å². The highest BCUT2D eigenvalue weighted by Crippen LogP contribution is 2.27. The molecule has 0 bridgehead atoms. The maximum atomic E-state index is 6.25. The van der Waals surface area contributed by atoms with E-state index in [1.807, 2.05) is 0 Å². The first-order valence-corrected chi connectivity index (χ1v) is 6.92. The van der Waals surface area contributed by atoms with Crippen LogP contribution in [0.15, 0.2) is 0 Å². The van der Waals surface area contributed by atoms with E-state index in [0.717, 1.165) is 39.1 Å². The van der Waals surface area contributed by atoms with Crippen LogP contribution in [0.1, 0.15) is 32.6 Å². The molecule has 0 amide bonds. The van der Waals surface area contributed by atoms with Gasteiger partial charge >= 0.3 is 0 Å². The van der Waals surface area contributed by atoms with Crippen molar-refractivity contribution in [1.82, 2.24) is 4.90 Å². The van der Waals surface area contributed by atoms with Gasteiger partial charge in [0.1, 0.15) is 0 Å². The number of nitrogens with zero attached hydrogens (tertiary/aromatic N) is 1. The summed E-state index contributed by atoms with van der Waals surface area (Å²) in [6.45, 7) is 7.54. The standard InChI is InChI=1S/C13H26N2O2/c1-2-15-7-8-17-12(9-15)10-16-11-13(14)5-3-4-6-13/h12H,2-11,14H2,1H3. The highest BCUT2D eigenvalue weighted by Gasteiger charge is 2.30. The summed E-state index contributed by atoms with van der Waals surface area (Å²) >= 11 is 0. The molecule has 17 heavy (non-hydrogen) atoms. The minimum atomic E-state index is -0.0564. The van der Waals surface area contributed by atoms with E-state index >= 15 is 0 Å². The fraction of sp³-hybridized carbons (Fsp3) is 1.00.